The van der Waals surface area contributed by atoms with Crippen LogP contribution in [0.15, 0.2) is 10.9 Å². The zero-order valence-corrected chi connectivity index (χ0v) is 9.36. The predicted molar refractivity (Wildman–Crippen MR) is 57.9 cm³/mol. The maximum absolute atomic E-state index is 12.1. The van der Waals surface area contributed by atoms with Gasteiger partial charge in [-0.15, -0.1) is 0 Å². The van der Waals surface area contributed by atoms with Crippen molar-refractivity contribution < 1.29 is 14.3 Å². The summed E-state index contributed by atoms with van der Waals surface area (Å²) in [5.74, 6) is -0.839. The topological polar surface area (TPSA) is 65.4 Å². The molecular weight excluding hydrogens is 222 g/mol. The second-order valence-electron chi connectivity index (χ2n) is 4.42. The molecule has 0 fully saturated rings. The molecule has 1 atom stereocenters. The highest BCUT2D eigenvalue weighted by molar-refractivity contribution is 5.96. The van der Waals surface area contributed by atoms with Crippen molar-refractivity contribution in [1.29, 1.82) is 0 Å². The van der Waals surface area contributed by atoms with Gasteiger partial charge in [-0.25, -0.2) is 0 Å². The summed E-state index contributed by atoms with van der Waals surface area (Å²) in [5.41, 5.74) is 1.39. The summed E-state index contributed by atoms with van der Waals surface area (Å²) in [5, 5.41) is 0. The van der Waals surface area contributed by atoms with Crippen LogP contribution >= 0.6 is 0 Å². The fourth-order valence-electron chi connectivity index (χ4n) is 2.43. The number of Topliss-reactive ketones (excluding diaryl/α,β-unsaturated/α-hetero) is 1. The van der Waals surface area contributed by atoms with Crippen LogP contribution in [0.2, 0.25) is 0 Å². The first-order chi connectivity index (χ1) is 8.09. The lowest BCUT2D eigenvalue weighted by Gasteiger charge is -2.22. The SMILES string of the molecule is C[C@H]1C(=O)OCc2c1cc1n(c2=O)CCC1=O. The Morgan fingerprint density at radius 3 is 2.88 bits per heavy atom. The first-order valence-electron chi connectivity index (χ1n) is 5.56. The molecule has 0 unspecified atom stereocenters. The number of pyridine rings is 1. The van der Waals surface area contributed by atoms with Crippen LogP contribution in [0.5, 0.6) is 0 Å². The largest absolute Gasteiger partial charge is 0.460 e. The van der Waals surface area contributed by atoms with Gasteiger partial charge >= 0.3 is 5.97 Å². The van der Waals surface area contributed by atoms with Gasteiger partial charge in [-0.05, 0) is 18.6 Å². The summed E-state index contributed by atoms with van der Waals surface area (Å²) < 4.78 is 6.43. The van der Waals surface area contributed by atoms with Crippen LogP contribution in [0, 0.1) is 0 Å². The van der Waals surface area contributed by atoms with Gasteiger partial charge in [-0.2, -0.15) is 0 Å². The van der Waals surface area contributed by atoms with Crippen LogP contribution in [0.1, 0.15) is 40.9 Å². The summed E-state index contributed by atoms with van der Waals surface area (Å²) in [7, 11) is 0. The van der Waals surface area contributed by atoms with Crippen molar-refractivity contribution in [3.8, 4) is 0 Å². The van der Waals surface area contributed by atoms with E-state index in [9.17, 15) is 14.4 Å². The maximum atomic E-state index is 12.1. The molecule has 17 heavy (non-hydrogen) atoms. The molecule has 0 aromatic carbocycles. The first kappa shape index (κ1) is 10.3. The van der Waals surface area contributed by atoms with E-state index < -0.39 is 5.92 Å². The molecule has 0 saturated carbocycles. The zero-order chi connectivity index (χ0) is 12.2. The third-order valence-electron chi connectivity index (χ3n) is 3.46. The molecule has 5 heteroatoms. The molecule has 3 heterocycles. The van der Waals surface area contributed by atoms with E-state index in [0.717, 1.165) is 0 Å². The smallest absolute Gasteiger partial charge is 0.313 e. The Balaban J connectivity index is 2.30. The maximum Gasteiger partial charge on any atom is 0.313 e. The van der Waals surface area contributed by atoms with Gasteiger partial charge in [0.05, 0.1) is 17.2 Å². The number of hydrogen-bond donors (Lipinski definition) is 0. The Kier molecular flexibility index (Phi) is 1.98. The van der Waals surface area contributed by atoms with Gasteiger partial charge in [0.1, 0.15) is 6.61 Å². The van der Waals surface area contributed by atoms with Crippen molar-refractivity contribution in [1.82, 2.24) is 4.57 Å². The summed E-state index contributed by atoms with van der Waals surface area (Å²) in [6, 6.07) is 1.68. The van der Waals surface area contributed by atoms with Gasteiger partial charge in [-0.1, -0.05) is 0 Å². The lowest BCUT2D eigenvalue weighted by atomic mass is 9.94. The van der Waals surface area contributed by atoms with Gasteiger partial charge in [0.25, 0.3) is 5.56 Å². The standard InChI is InChI=1S/C12H11NO4/c1-6-7-4-9-10(14)2-3-13(9)11(15)8(7)5-17-12(6)16/h4,6H,2-3,5H2,1H3/t6-/m1/s1. The summed E-state index contributed by atoms with van der Waals surface area (Å²) in [4.78, 5) is 35.2. The minimum Gasteiger partial charge on any atom is -0.460 e. The molecule has 5 nitrogen and oxygen atoms in total. The van der Waals surface area contributed by atoms with E-state index in [1.54, 1.807) is 13.0 Å². The van der Waals surface area contributed by atoms with Gasteiger partial charge in [0.2, 0.25) is 0 Å². The molecule has 2 aliphatic rings. The monoisotopic (exact) mass is 233 g/mol. The Morgan fingerprint density at radius 2 is 2.12 bits per heavy atom. The third-order valence-corrected chi connectivity index (χ3v) is 3.46. The van der Waals surface area contributed by atoms with Gasteiger partial charge in [0, 0.05) is 13.0 Å². The summed E-state index contributed by atoms with van der Waals surface area (Å²) >= 11 is 0. The zero-order valence-electron chi connectivity index (χ0n) is 9.36. The third kappa shape index (κ3) is 1.28. The first-order valence-corrected chi connectivity index (χ1v) is 5.56. The number of carbonyl (C=O) groups excluding carboxylic acids is 2. The van der Waals surface area contributed by atoms with Crippen LogP contribution in [0.3, 0.4) is 0 Å². The minimum atomic E-state index is -0.467. The molecule has 0 aliphatic carbocycles. The van der Waals surface area contributed by atoms with E-state index in [-0.39, 0.29) is 23.9 Å². The molecule has 3 rings (SSSR count). The predicted octanol–water partition coefficient (Wildman–Crippen LogP) is 0.595. The van der Waals surface area contributed by atoms with Crippen LogP contribution in [0.4, 0.5) is 0 Å². The molecule has 2 aliphatic heterocycles. The van der Waals surface area contributed by atoms with E-state index in [0.29, 0.717) is 29.8 Å². The Labute approximate surface area is 97.0 Å². The molecule has 0 spiro atoms. The second-order valence-corrected chi connectivity index (χ2v) is 4.42. The van der Waals surface area contributed by atoms with Gasteiger partial charge in [-0.3, -0.25) is 14.4 Å². The lowest BCUT2D eigenvalue weighted by Crippen LogP contribution is -2.32. The highest BCUT2D eigenvalue weighted by atomic mass is 16.5. The van der Waals surface area contributed by atoms with E-state index in [1.807, 2.05) is 0 Å². The minimum absolute atomic E-state index is 0.0197. The highest BCUT2D eigenvalue weighted by Gasteiger charge is 2.32. The molecular formula is C12H11NO4. The number of carbonyl (C=O) groups is 2. The van der Waals surface area contributed by atoms with E-state index >= 15 is 0 Å². The van der Waals surface area contributed by atoms with Crippen molar-refractivity contribution in [2.45, 2.75) is 32.4 Å². The Bertz CT molecular complexity index is 599. The van der Waals surface area contributed by atoms with Crippen LogP contribution in [0.25, 0.3) is 0 Å². The lowest BCUT2D eigenvalue weighted by molar-refractivity contribution is -0.147. The summed E-state index contributed by atoms with van der Waals surface area (Å²) in [6.45, 7) is 2.14. The number of hydrogen-bond acceptors (Lipinski definition) is 4. The number of rotatable bonds is 0. The number of ketones is 1. The molecule has 0 bridgehead atoms. The number of nitrogens with zero attached hydrogens (tertiary/aromatic N) is 1. The van der Waals surface area contributed by atoms with Crippen LogP contribution in [-0.2, 0) is 22.7 Å². The number of esters is 1. The van der Waals surface area contributed by atoms with Crippen molar-refractivity contribution in [2.75, 3.05) is 0 Å². The van der Waals surface area contributed by atoms with Crippen molar-refractivity contribution in [2.24, 2.45) is 0 Å². The van der Waals surface area contributed by atoms with Crippen LogP contribution in [-0.4, -0.2) is 16.3 Å². The van der Waals surface area contributed by atoms with Crippen molar-refractivity contribution in [3.05, 3.63) is 33.2 Å². The fraction of sp³-hybridized carbons (Fsp3) is 0.417. The molecule has 1 aromatic rings. The molecule has 0 N–H and O–H groups in total. The molecule has 1 aromatic heterocycles. The van der Waals surface area contributed by atoms with Crippen LogP contribution < -0.4 is 5.56 Å². The Morgan fingerprint density at radius 1 is 1.35 bits per heavy atom. The summed E-state index contributed by atoms with van der Waals surface area (Å²) in [6.07, 6.45) is 0.362. The van der Waals surface area contributed by atoms with E-state index in [4.69, 9.17) is 4.74 Å². The van der Waals surface area contributed by atoms with Gasteiger partial charge < -0.3 is 9.30 Å². The van der Waals surface area contributed by atoms with E-state index in [1.165, 1.54) is 4.57 Å². The Hall–Kier alpha value is -1.91. The van der Waals surface area contributed by atoms with Gasteiger partial charge in [0.15, 0.2) is 5.78 Å². The quantitative estimate of drug-likeness (QED) is 0.615. The molecule has 88 valence electrons. The average molecular weight is 233 g/mol. The molecule has 0 amide bonds. The second kappa shape index (κ2) is 3.29. The fourth-order valence-corrected chi connectivity index (χ4v) is 2.43. The highest BCUT2D eigenvalue weighted by Crippen LogP contribution is 2.27. The molecule has 0 radical (unpaired) electrons. The van der Waals surface area contributed by atoms with E-state index in [2.05, 4.69) is 0 Å². The number of ether oxygens (including phenoxy) is 1. The number of fused-ring (bicyclic) bond motifs is 2. The van der Waals surface area contributed by atoms with Crippen molar-refractivity contribution in [3.63, 3.8) is 0 Å². The van der Waals surface area contributed by atoms with Crippen molar-refractivity contribution >= 4 is 11.8 Å². The number of cyclic esters (lactones) is 1. The molecule has 0 saturated heterocycles. The number of aromatic nitrogens is 1. The normalized spacial score (nSPS) is 22.1. The average Bonchev–Trinajstić information content (AvgIpc) is 2.67.